The number of amides is 1. The van der Waals surface area contributed by atoms with Crippen LogP contribution in [0.1, 0.15) is 18.4 Å². The summed E-state index contributed by atoms with van der Waals surface area (Å²) in [6.45, 7) is 0.216. The van der Waals surface area contributed by atoms with Gasteiger partial charge >= 0.3 is 12.3 Å². The highest BCUT2D eigenvalue weighted by atomic mass is 19.4. The molecule has 1 aliphatic heterocycles. The van der Waals surface area contributed by atoms with E-state index in [1.165, 1.54) is 17.0 Å². The maximum Gasteiger partial charge on any atom is 0.573 e. The average Bonchev–Trinajstić information content (AvgIpc) is 2.48. The number of carbonyl (C=O) groups is 2. The number of hydrogen-bond donors (Lipinski definition) is 2. The van der Waals surface area contributed by atoms with Gasteiger partial charge in [0.05, 0.1) is 6.42 Å². The standard InChI is InChI=1S/C15H16F3NO5/c16-15(17,18)24-11-3-1-10(2-4-11)9-12(20)19-7-5-14(23,6-8-19)13(21)22/h1-4,23H,5-9H2,(H,21,22). The molecule has 1 aromatic rings. The van der Waals surface area contributed by atoms with Crippen LogP contribution < -0.4 is 4.74 Å². The molecule has 1 aliphatic rings. The first-order valence-electron chi connectivity index (χ1n) is 7.17. The summed E-state index contributed by atoms with van der Waals surface area (Å²) in [4.78, 5) is 24.5. The minimum Gasteiger partial charge on any atom is -0.479 e. The number of halogens is 3. The zero-order chi connectivity index (χ0) is 18.0. The topological polar surface area (TPSA) is 87.1 Å². The maximum absolute atomic E-state index is 12.1. The van der Waals surface area contributed by atoms with Crippen LogP contribution in [0.3, 0.4) is 0 Å². The number of ether oxygens (including phenoxy) is 1. The van der Waals surface area contributed by atoms with E-state index in [9.17, 15) is 27.9 Å². The number of nitrogens with zero attached hydrogens (tertiary/aromatic N) is 1. The number of benzene rings is 1. The zero-order valence-electron chi connectivity index (χ0n) is 12.5. The number of likely N-dealkylation sites (tertiary alicyclic amines) is 1. The van der Waals surface area contributed by atoms with E-state index in [0.717, 1.165) is 12.1 Å². The van der Waals surface area contributed by atoms with Crippen LogP contribution in [0.5, 0.6) is 5.75 Å². The second-order valence-corrected chi connectivity index (χ2v) is 5.59. The summed E-state index contributed by atoms with van der Waals surface area (Å²) in [7, 11) is 0. The van der Waals surface area contributed by atoms with Gasteiger partial charge < -0.3 is 19.8 Å². The van der Waals surface area contributed by atoms with Gasteiger partial charge in [-0.15, -0.1) is 13.2 Å². The smallest absolute Gasteiger partial charge is 0.479 e. The lowest BCUT2D eigenvalue weighted by atomic mass is 9.91. The SMILES string of the molecule is O=C(Cc1ccc(OC(F)(F)F)cc1)N1CCC(O)(C(=O)O)CC1. The molecule has 0 spiro atoms. The van der Waals surface area contributed by atoms with Crippen molar-refractivity contribution in [3.05, 3.63) is 29.8 Å². The summed E-state index contributed by atoms with van der Waals surface area (Å²) in [6, 6.07) is 4.96. The molecule has 0 radical (unpaired) electrons. The zero-order valence-corrected chi connectivity index (χ0v) is 12.5. The van der Waals surface area contributed by atoms with Crippen molar-refractivity contribution in [3.8, 4) is 5.75 Å². The molecule has 1 aromatic carbocycles. The van der Waals surface area contributed by atoms with Crippen molar-refractivity contribution in [2.75, 3.05) is 13.1 Å². The molecule has 1 saturated heterocycles. The molecule has 24 heavy (non-hydrogen) atoms. The van der Waals surface area contributed by atoms with E-state index in [-0.39, 0.29) is 44.0 Å². The lowest BCUT2D eigenvalue weighted by molar-refractivity contribution is -0.274. The Balaban J connectivity index is 1.90. The summed E-state index contributed by atoms with van der Waals surface area (Å²) >= 11 is 0. The molecule has 1 heterocycles. The number of carbonyl (C=O) groups excluding carboxylic acids is 1. The second kappa shape index (κ2) is 6.68. The molecule has 2 rings (SSSR count). The number of piperidine rings is 1. The third-order valence-corrected chi connectivity index (χ3v) is 3.85. The second-order valence-electron chi connectivity index (χ2n) is 5.59. The van der Waals surface area contributed by atoms with E-state index in [1.807, 2.05) is 0 Å². The first kappa shape index (κ1) is 18.1. The number of hydrogen-bond acceptors (Lipinski definition) is 4. The van der Waals surface area contributed by atoms with E-state index in [2.05, 4.69) is 4.74 Å². The number of carboxylic acids is 1. The summed E-state index contributed by atoms with van der Waals surface area (Å²) in [5.74, 6) is -1.97. The third-order valence-electron chi connectivity index (χ3n) is 3.85. The van der Waals surface area contributed by atoms with Gasteiger partial charge in [0.25, 0.3) is 0 Å². The number of aliphatic carboxylic acids is 1. The van der Waals surface area contributed by atoms with Crippen LogP contribution in [0.2, 0.25) is 0 Å². The highest BCUT2D eigenvalue weighted by Crippen LogP contribution is 2.24. The lowest BCUT2D eigenvalue weighted by Gasteiger charge is -2.35. The van der Waals surface area contributed by atoms with Gasteiger partial charge in [-0.05, 0) is 17.7 Å². The highest BCUT2D eigenvalue weighted by molar-refractivity contribution is 5.80. The lowest BCUT2D eigenvalue weighted by Crippen LogP contribution is -2.51. The molecule has 1 amide bonds. The summed E-state index contributed by atoms with van der Waals surface area (Å²) < 4.78 is 40.0. The van der Waals surface area contributed by atoms with E-state index in [1.54, 1.807) is 0 Å². The molecule has 0 bridgehead atoms. The Morgan fingerprint density at radius 3 is 2.17 bits per heavy atom. The molecule has 9 heteroatoms. The molecule has 2 N–H and O–H groups in total. The Morgan fingerprint density at radius 2 is 1.71 bits per heavy atom. The predicted octanol–water partition coefficient (Wildman–Crippen LogP) is 1.57. The maximum atomic E-state index is 12.1. The summed E-state index contributed by atoms with van der Waals surface area (Å²) in [5, 5.41) is 18.7. The fraction of sp³-hybridized carbons (Fsp3) is 0.467. The molecule has 0 atom stereocenters. The molecule has 1 fully saturated rings. The number of rotatable bonds is 4. The van der Waals surface area contributed by atoms with Crippen LogP contribution in [0, 0.1) is 0 Å². The van der Waals surface area contributed by atoms with Crippen LogP contribution in [0.4, 0.5) is 13.2 Å². The van der Waals surface area contributed by atoms with Gasteiger partial charge in [-0.25, -0.2) is 4.79 Å². The Labute approximate surface area is 135 Å². The Kier molecular flexibility index (Phi) is 5.02. The normalized spacial score (nSPS) is 17.4. The Morgan fingerprint density at radius 1 is 1.17 bits per heavy atom. The van der Waals surface area contributed by atoms with Gasteiger partial charge in [-0.2, -0.15) is 0 Å². The molecular formula is C15H16F3NO5. The van der Waals surface area contributed by atoms with Crippen LogP contribution >= 0.6 is 0 Å². The fourth-order valence-corrected chi connectivity index (χ4v) is 2.44. The van der Waals surface area contributed by atoms with Crippen LogP contribution in [-0.4, -0.2) is 52.0 Å². The van der Waals surface area contributed by atoms with E-state index < -0.39 is 17.9 Å². The van der Waals surface area contributed by atoms with Crippen LogP contribution in [0.25, 0.3) is 0 Å². The first-order valence-corrected chi connectivity index (χ1v) is 7.17. The minimum absolute atomic E-state index is 0.0300. The monoisotopic (exact) mass is 347 g/mol. The average molecular weight is 347 g/mol. The van der Waals surface area contributed by atoms with Crippen molar-refractivity contribution in [2.45, 2.75) is 31.2 Å². The molecule has 0 saturated carbocycles. The quantitative estimate of drug-likeness (QED) is 0.863. The van der Waals surface area contributed by atoms with Gasteiger partial charge in [0.15, 0.2) is 5.60 Å². The number of alkyl halides is 3. The third kappa shape index (κ3) is 4.60. The molecule has 6 nitrogen and oxygen atoms in total. The van der Waals surface area contributed by atoms with Crippen molar-refractivity contribution in [2.24, 2.45) is 0 Å². The minimum atomic E-state index is -4.77. The van der Waals surface area contributed by atoms with E-state index in [0.29, 0.717) is 5.56 Å². The highest BCUT2D eigenvalue weighted by Gasteiger charge is 2.40. The summed E-state index contributed by atoms with van der Waals surface area (Å²) in [5.41, 5.74) is -1.30. The summed E-state index contributed by atoms with van der Waals surface area (Å²) in [6.07, 6.45) is -4.93. The van der Waals surface area contributed by atoms with Gasteiger partial charge in [0.1, 0.15) is 5.75 Å². The Hall–Kier alpha value is -2.29. The van der Waals surface area contributed by atoms with Crippen molar-refractivity contribution in [3.63, 3.8) is 0 Å². The van der Waals surface area contributed by atoms with Gasteiger partial charge in [0, 0.05) is 25.9 Å². The van der Waals surface area contributed by atoms with E-state index in [4.69, 9.17) is 5.11 Å². The molecule has 132 valence electrons. The van der Waals surface area contributed by atoms with Gasteiger partial charge in [-0.1, -0.05) is 12.1 Å². The van der Waals surface area contributed by atoms with Crippen molar-refractivity contribution >= 4 is 11.9 Å². The molecule has 0 aliphatic carbocycles. The Bertz CT molecular complexity index is 607. The first-order chi connectivity index (χ1) is 11.1. The largest absolute Gasteiger partial charge is 0.573 e. The number of aliphatic hydroxyl groups is 1. The van der Waals surface area contributed by atoms with Gasteiger partial charge in [-0.3, -0.25) is 4.79 Å². The molecular weight excluding hydrogens is 331 g/mol. The van der Waals surface area contributed by atoms with Crippen LogP contribution in [-0.2, 0) is 16.0 Å². The molecule has 0 unspecified atom stereocenters. The van der Waals surface area contributed by atoms with E-state index >= 15 is 0 Å². The molecule has 0 aromatic heterocycles. The van der Waals surface area contributed by atoms with Gasteiger partial charge in [0.2, 0.25) is 5.91 Å². The van der Waals surface area contributed by atoms with Crippen molar-refractivity contribution < 1.29 is 37.7 Å². The van der Waals surface area contributed by atoms with Crippen molar-refractivity contribution in [1.29, 1.82) is 0 Å². The van der Waals surface area contributed by atoms with Crippen LogP contribution in [0.15, 0.2) is 24.3 Å². The fourth-order valence-electron chi connectivity index (χ4n) is 2.44. The predicted molar refractivity (Wildman–Crippen MR) is 75.2 cm³/mol. The van der Waals surface area contributed by atoms with Crippen molar-refractivity contribution in [1.82, 2.24) is 4.90 Å². The number of carboxylic acid groups (broad SMARTS) is 1.